The summed E-state index contributed by atoms with van der Waals surface area (Å²) >= 11 is 1.40. The molecular weight excluding hydrogens is 290 g/mol. The molecule has 2 aromatic heterocycles. The van der Waals surface area contributed by atoms with E-state index in [4.69, 9.17) is 0 Å². The summed E-state index contributed by atoms with van der Waals surface area (Å²) in [5, 5.41) is 12.2. The van der Waals surface area contributed by atoms with Gasteiger partial charge in [0.25, 0.3) is 5.56 Å². The monoisotopic (exact) mass is 305 g/mol. The standard InChI is InChI=1S/C13H15N5O2S/c1-6-9(11(20)15-7(2)14-6)5-10(19)16-13-18-17-12(21-13)8-3-4-8/h8H,3-5H2,1-2H3,(H,14,15,20)(H,16,18,19). The fourth-order valence-corrected chi connectivity index (χ4v) is 2.99. The third-order valence-electron chi connectivity index (χ3n) is 3.29. The molecule has 1 fully saturated rings. The number of anilines is 1. The van der Waals surface area contributed by atoms with Crippen molar-refractivity contribution in [2.24, 2.45) is 0 Å². The maximum Gasteiger partial charge on any atom is 0.254 e. The Bertz CT molecular complexity index is 747. The second kappa shape index (κ2) is 5.36. The van der Waals surface area contributed by atoms with Crippen molar-refractivity contribution in [3.05, 3.63) is 32.4 Å². The summed E-state index contributed by atoms with van der Waals surface area (Å²) in [4.78, 5) is 30.6. The third-order valence-corrected chi connectivity index (χ3v) is 4.29. The van der Waals surface area contributed by atoms with Crippen LogP contribution in [0.2, 0.25) is 0 Å². The largest absolute Gasteiger partial charge is 0.311 e. The Labute approximate surface area is 124 Å². The van der Waals surface area contributed by atoms with E-state index < -0.39 is 0 Å². The SMILES string of the molecule is Cc1nc(C)c(CC(=O)Nc2nnc(C3CC3)s2)c(=O)[nH]1. The normalized spacial score (nSPS) is 14.2. The molecule has 0 saturated heterocycles. The van der Waals surface area contributed by atoms with Gasteiger partial charge in [0.2, 0.25) is 11.0 Å². The van der Waals surface area contributed by atoms with Crippen molar-refractivity contribution in [3.63, 3.8) is 0 Å². The molecule has 2 aromatic rings. The van der Waals surface area contributed by atoms with E-state index in [9.17, 15) is 9.59 Å². The van der Waals surface area contributed by atoms with Crippen molar-refractivity contribution in [1.82, 2.24) is 20.2 Å². The summed E-state index contributed by atoms with van der Waals surface area (Å²) in [6, 6.07) is 0. The van der Waals surface area contributed by atoms with E-state index in [0.717, 1.165) is 17.8 Å². The van der Waals surface area contributed by atoms with Crippen molar-refractivity contribution in [2.45, 2.75) is 39.0 Å². The molecule has 8 heteroatoms. The lowest BCUT2D eigenvalue weighted by molar-refractivity contribution is -0.115. The van der Waals surface area contributed by atoms with Crippen LogP contribution in [-0.4, -0.2) is 26.1 Å². The Hall–Kier alpha value is -2.09. The lowest BCUT2D eigenvalue weighted by Crippen LogP contribution is -2.24. The van der Waals surface area contributed by atoms with Crippen LogP contribution < -0.4 is 10.9 Å². The zero-order chi connectivity index (χ0) is 15.0. The Morgan fingerprint density at radius 1 is 1.38 bits per heavy atom. The first-order valence-corrected chi connectivity index (χ1v) is 7.54. The van der Waals surface area contributed by atoms with Gasteiger partial charge < -0.3 is 10.3 Å². The Morgan fingerprint density at radius 3 is 2.81 bits per heavy atom. The van der Waals surface area contributed by atoms with E-state index in [0.29, 0.717) is 28.1 Å². The van der Waals surface area contributed by atoms with E-state index in [-0.39, 0.29) is 17.9 Å². The highest BCUT2D eigenvalue weighted by atomic mass is 32.1. The Balaban J connectivity index is 1.69. The molecule has 0 aromatic carbocycles. The number of nitrogens with one attached hydrogen (secondary N) is 2. The molecule has 1 saturated carbocycles. The summed E-state index contributed by atoms with van der Waals surface area (Å²) in [6.07, 6.45) is 2.27. The third kappa shape index (κ3) is 3.15. The minimum atomic E-state index is -0.284. The predicted molar refractivity (Wildman–Crippen MR) is 78.5 cm³/mol. The van der Waals surface area contributed by atoms with Crippen LogP contribution in [0.3, 0.4) is 0 Å². The predicted octanol–water partition coefficient (Wildman–Crippen LogP) is 1.30. The number of nitrogens with zero attached hydrogens (tertiary/aromatic N) is 3. The minimum absolute atomic E-state index is 0.0210. The molecule has 2 N–H and O–H groups in total. The number of hydrogen-bond donors (Lipinski definition) is 2. The van der Waals surface area contributed by atoms with E-state index in [1.807, 2.05) is 0 Å². The Morgan fingerprint density at radius 2 is 2.14 bits per heavy atom. The van der Waals surface area contributed by atoms with Crippen molar-refractivity contribution < 1.29 is 4.79 Å². The highest BCUT2D eigenvalue weighted by Crippen LogP contribution is 2.41. The number of H-pyrrole nitrogens is 1. The first kappa shape index (κ1) is 13.9. The smallest absolute Gasteiger partial charge is 0.254 e. The van der Waals surface area contributed by atoms with Crippen molar-refractivity contribution in [3.8, 4) is 0 Å². The van der Waals surface area contributed by atoms with Crippen molar-refractivity contribution in [2.75, 3.05) is 5.32 Å². The molecule has 2 heterocycles. The lowest BCUT2D eigenvalue weighted by Gasteiger charge is -2.04. The van der Waals surface area contributed by atoms with E-state index in [1.54, 1.807) is 13.8 Å². The number of amides is 1. The molecule has 21 heavy (non-hydrogen) atoms. The van der Waals surface area contributed by atoms with E-state index in [2.05, 4.69) is 25.5 Å². The zero-order valence-electron chi connectivity index (χ0n) is 11.8. The summed E-state index contributed by atoms with van der Waals surface area (Å²) in [7, 11) is 0. The molecule has 0 bridgehead atoms. The van der Waals surface area contributed by atoms with Crippen LogP contribution in [0.5, 0.6) is 0 Å². The highest BCUT2D eigenvalue weighted by molar-refractivity contribution is 7.15. The first-order valence-electron chi connectivity index (χ1n) is 6.72. The molecule has 1 amide bonds. The van der Waals surface area contributed by atoms with E-state index >= 15 is 0 Å². The second-order valence-corrected chi connectivity index (χ2v) is 6.17. The van der Waals surface area contributed by atoms with Gasteiger partial charge >= 0.3 is 0 Å². The fourth-order valence-electron chi connectivity index (χ4n) is 2.06. The zero-order valence-corrected chi connectivity index (χ0v) is 12.6. The molecule has 110 valence electrons. The van der Waals surface area contributed by atoms with Crippen LogP contribution in [0.15, 0.2) is 4.79 Å². The topological polar surface area (TPSA) is 101 Å². The minimum Gasteiger partial charge on any atom is -0.311 e. The van der Waals surface area contributed by atoms with Gasteiger partial charge in [0, 0.05) is 17.2 Å². The molecule has 0 radical (unpaired) electrons. The maximum absolute atomic E-state index is 12.0. The van der Waals surface area contributed by atoms with Gasteiger partial charge in [-0.3, -0.25) is 9.59 Å². The van der Waals surface area contributed by atoms with Gasteiger partial charge in [0.1, 0.15) is 10.8 Å². The van der Waals surface area contributed by atoms with Crippen LogP contribution in [-0.2, 0) is 11.2 Å². The summed E-state index contributed by atoms with van der Waals surface area (Å²) in [6.45, 7) is 3.43. The summed E-state index contributed by atoms with van der Waals surface area (Å²) in [5.41, 5.74) is 0.679. The summed E-state index contributed by atoms with van der Waals surface area (Å²) < 4.78 is 0. The van der Waals surface area contributed by atoms with Crippen LogP contribution in [0.1, 0.15) is 40.8 Å². The van der Waals surface area contributed by atoms with Gasteiger partial charge in [-0.25, -0.2) is 4.98 Å². The lowest BCUT2D eigenvalue weighted by atomic mass is 10.1. The Kier molecular flexibility index (Phi) is 3.54. The fraction of sp³-hybridized carbons (Fsp3) is 0.462. The van der Waals surface area contributed by atoms with Crippen molar-refractivity contribution >= 4 is 22.4 Å². The number of rotatable bonds is 4. The maximum atomic E-state index is 12.0. The van der Waals surface area contributed by atoms with Gasteiger partial charge in [0.15, 0.2) is 0 Å². The number of aromatic amines is 1. The highest BCUT2D eigenvalue weighted by Gasteiger charge is 2.27. The first-order chi connectivity index (χ1) is 10.0. The quantitative estimate of drug-likeness (QED) is 0.886. The molecule has 0 spiro atoms. The van der Waals surface area contributed by atoms with Crippen LogP contribution in [0, 0.1) is 13.8 Å². The van der Waals surface area contributed by atoms with E-state index in [1.165, 1.54) is 11.3 Å². The van der Waals surface area contributed by atoms with Crippen molar-refractivity contribution in [1.29, 1.82) is 0 Å². The molecule has 3 rings (SSSR count). The number of carbonyl (C=O) groups excluding carboxylic acids is 1. The number of hydrogen-bond acceptors (Lipinski definition) is 6. The van der Waals surface area contributed by atoms with Gasteiger partial charge in [0.05, 0.1) is 6.42 Å². The number of aryl methyl sites for hydroxylation is 2. The average Bonchev–Trinajstić information content (AvgIpc) is 3.15. The molecule has 0 aliphatic heterocycles. The second-order valence-electron chi connectivity index (χ2n) is 5.16. The molecule has 7 nitrogen and oxygen atoms in total. The summed E-state index contributed by atoms with van der Waals surface area (Å²) in [5.74, 6) is 0.771. The molecule has 0 unspecified atom stereocenters. The van der Waals surface area contributed by atoms with Gasteiger partial charge in [-0.1, -0.05) is 11.3 Å². The molecular formula is C13H15N5O2S. The van der Waals surface area contributed by atoms with Crippen LogP contribution in [0.25, 0.3) is 0 Å². The number of aromatic nitrogens is 4. The van der Waals surface area contributed by atoms with Crippen LogP contribution >= 0.6 is 11.3 Å². The number of carbonyl (C=O) groups is 1. The van der Waals surface area contributed by atoms with Gasteiger partial charge in [-0.2, -0.15) is 0 Å². The molecule has 0 atom stereocenters. The van der Waals surface area contributed by atoms with Crippen LogP contribution in [0.4, 0.5) is 5.13 Å². The van der Waals surface area contributed by atoms with Gasteiger partial charge in [-0.15, -0.1) is 10.2 Å². The average molecular weight is 305 g/mol. The molecule has 1 aliphatic carbocycles. The molecule has 1 aliphatic rings. The van der Waals surface area contributed by atoms with Gasteiger partial charge in [-0.05, 0) is 26.7 Å².